The van der Waals surface area contributed by atoms with E-state index in [9.17, 15) is 18.8 Å². The lowest BCUT2D eigenvalue weighted by atomic mass is 9.80. The Hall–Kier alpha value is -3.49. The molecule has 0 spiro atoms. The molecule has 1 saturated carbocycles. The highest BCUT2D eigenvalue weighted by molar-refractivity contribution is 5.99. The number of carbonyl (C=O) groups is 3. The summed E-state index contributed by atoms with van der Waals surface area (Å²) >= 11 is 0. The Bertz CT molecular complexity index is 1130. The van der Waals surface area contributed by atoms with E-state index in [1.807, 2.05) is 6.92 Å². The van der Waals surface area contributed by atoms with Crippen LogP contribution in [0.1, 0.15) is 74.8 Å². The topological polar surface area (TPSA) is 101 Å². The van der Waals surface area contributed by atoms with Crippen LogP contribution in [-0.2, 0) is 14.3 Å². The van der Waals surface area contributed by atoms with Crippen LogP contribution in [0.15, 0.2) is 30.5 Å². The van der Waals surface area contributed by atoms with Crippen molar-refractivity contribution >= 4 is 17.7 Å². The first kappa shape index (κ1) is 28.1. The quantitative estimate of drug-likeness (QED) is 0.294. The number of esters is 2. The van der Waals surface area contributed by atoms with Crippen LogP contribution in [0, 0.1) is 17.7 Å². The third-order valence-electron chi connectivity index (χ3n) is 6.76. The number of pyridine rings is 1. The number of ketones is 1. The molecule has 0 amide bonds. The molecular weight excluding hydrogens is 481 g/mol. The number of rotatable bonds is 11. The molecule has 2 aromatic rings. The molecule has 8 nitrogen and oxygen atoms in total. The van der Waals surface area contributed by atoms with Crippen LogP contribution in [0.3, 0.4) is 0 Å². The third kappa shape index (κ3) is 6.84. The van der Waals surface area contributed by atoms with Gasteiger partial charge in [-0.3, -0.25) is 14.4 Å². The molecule has 0 unspecified atom stereocenters. The lowest BCUT2D eigenvalue weighted by molar-refractivity contribution is -0.154. The molecule has 1 aromatic carbocycles. The summed E-state index contributed by atoms with van der Waals surface area (Å²) in [6.07, 6.45) is 4.74. The maximum absolute atomic E-state index is 13.9. The van der Waals surface area contributed by atoms with Gasteiger partial charge in [0.1, 0.15) is 17.7 Å². The van der Waals surface area contributed by atoms with E-state index in [2.05, 4.69) is 4.98 Å². The number of halogens is 1. The number of carbonyl (C=O) groups excluding carboxylic acids is 3. The Labute approximate surface area is 216 Å². The number of aromatic nitrogens is 1. The van der Waals surface area contributed by atoms with Gasteiger partial charge in [0.05, 0.1) is 20.1 Å². The fourth-order valence-electron chi connectivity index (χ4n) is 5.03. The zero-order valence-corrected chi connectivity index (χ0v) is 21.9. The van der Waals surface area contributed by atoms with Crippen molar-refractivity contribution in [1.29, 1.82) is 0 Å². The molecule has 1 aliphatic carbocycles. The number of benzene rings is 1. The Balaban J connectivity index is 1.77. The highest BCUT2D eigenvalue weighted by Crippen LogP contribution is 2.43. The Morgan fingerprint density at radius 2 is 1.73 bits per heavy atom. The Morgan fingerprint density at radius 3 is 2.35 bits per heavy atom. The van der Waals surface area contributed by atoms with Gasteiger partial charge in [-0.1, -0.05) is 25.8 Å². The number of methoxy groups -OCH3 is 2. The van der Waals surface area contributed by atoms with E-state index >= 15 is 0 Å². The van der Waals surface area contributed by atoms with Gasteiger partial charge in [0, 0.05) is 43.2 Å². The van der Waals surface area contributed by atoms with Crippen molar-refractivity contribution in [3.8, 4) is 17.2 Å². The first-order valence-electron chi connectivity index (χ1n) is 12.4. The monoisotopic (exact) mass is 515 g/mol. The van der Waals surface area contributed by atoms with Crippen LogP contribution in [0.4, 0.5) is 4.39 Å². The van der Waals surface area contributed by atoms with Crippen molar-refractivity contribution in [3.63, 3.8) is 0 Å². The minimum absolute atomic E-state index is 0.0823. The van der Waals surface area contributed by atoms with Crippen molar-refractivity contribution in [2.45, 2.75) is 64.9 Å². The molecule has 1 heterocycles. The van der Waals surface area contributed by atoms with Crippen LogP contribution in [-0.4, -0.2) is 43.0 Å². The predicted octanol–water partition coefficient (Wildman–Crippen LogP) is 5.28. The molecule has 200 valence electrons. The molecule has 1 fully saturated rings. The molecule has 0 bridgehead atoms. The second kappa shape index (κ2) is 12.7. The van der Waals surface area contributed by atoms with Gasteiger partial charge >= 0.3 is 11.9 Å². The van der Waals surface area contributed by atoms with E-state index in [1.54, 1.807) is 13.0 Å². The zero-order valence-electron chi connectivity index (χ0n) is 21.9. The number of nitrogens with zero attached hydrogens (tertiary/aromatic N) is 1. The summed E-state index contributed by atoms with van der Waals surface area (Å²) in [6.45, 7) is 4.63. The summed E-state index contributed by atoms with van der Waals surface area (Å²) in [7, 11) is 2.87. The van der Waals surface area contributed by atoms with Gasteiger partial charge in [-0.15, -0.1) is 0 Å². The number of Topliss-reactive ketones (excluding diaryl/α,β-unsaturated/α-hetero) is 1. The number of hydrogen-bond acceptors (Lipinski definition) is 8. The Kier molecular flexibility index (Phi) is 9.60. The second-order valence-electron chi connectivity index (χ2n) is 9.41. The van der Waals surface area contributed by atoms with E-state index in [0.717, 1.165) is 31.2 Å². The molecule has 9 heteroatoms. The first-order chi connectivity index (χ1) is 17.7. The molecule has 3 rings (SSSR count). The van der Waals surface area contributed by atoms with Crippen LogP contribution >= 0.6 is 0 Å². The van der Waals surface area contributed by atoms with Gasteiger partial charge in [-0.05, 0) is 31.7 Å². The van der Waals surface area contributed by atoms with Gasteiger partial charge in [0.25, 0.3) is 0 Å². The largest absolute Gasteiger partial charge is 0.496 e. The smallest absolute Gasteiger partial charge is 0.309 e. The van der Waals surface area contributed by atoms with E-state index in [-0.39, 0.29) is 35.4 Å². The lowest BCUT2D eigenvalue weighted by Crippen LogP contribution is -2.30. The molecule has 37 heavy (non-hydrogen) atoms. The maximum Gasteiger partial charge on any atom is 0.309 e. The average Bonchev–Trinajstić information content (AvgIpc) is 3.39. The highest BCUT2D eigenvalue weighted by Gasteiger charge is 2.36. The molecule has 0 saturated heterocycles. The third-order valence-corrected chi connectivity index (χ3v) is 6.76. The van der Waals surface area contributed by atoms with E-state index < -0.39 is 35.6 Å². The summed E-state index contributed by atoms with van der Waals surface area (Å²) < 4.78 is 35.5. The molecule has 0 radical (unpaired) electrons. The second-order valence-corrected chi connectivity index (χ2v) is 9.41. The van der Waals surface area contributed by atoms with Crippen LogP contribution in [0.5, 0.6) is 17.2 Å². The van der Waals surface area contributed by atoms with Crippen molar-refractivity contribution in [2.75, 3.05) is 14.2 Å². The van der Waals surface area contributed by atoms with Gasteiger partial charge in [0.2, 0.25) is 5.75 Å². The highest BCUT2D eigenvalue weighted by atomic mass is 19.1. The van der Waals surface area contributed by atoms with E-state index in [4.69, 9.17) is 18.9 Å². The van der Waals surface area contributed by atoms with Crippen molar-refractivity contribution in [2.24, 2.45) is 11.8 Å². The van der Waals surface area contributed by atoms with Gasteiger partial charge < -0.3 is 18.9 Å². The summed E-state index contributed by atoms with van der Waals surface area (Å²) in [5.41, 5.74) is 0.702. The van der Waals surface area contributed by atoms with Crippen LogP contribution in [0.2, 0.25) is 0 Å². The summed E-state index contributed by atoms with van der Waals surface area (Å²) in [6, 6.07) is 5.90. The zero-order chi connectivity index (χ0) is 27.1. The minimum atomic E-state index is -0.785. The summed E-state index contributed by atoms with van der Waals surface area (Å²) in [4.78, 5) is 41.7. The van der Waals surface area contributed by atoms with Crippen LogP contribution < -0.4 is 14.2 Å². The Morgan fingerprint density at radius 1 is 1.05 bits per heavy atom. The first-order valence-corrected chi connectivity index (χ1v) is 12.4. The molecular formula is C28H34FNO7. The molecule has 0 aliphatic heterocycles. The average molecular weight is 516 g/mol. The summed E-state index contributed by atoms with van der Waals surface area (Å²) in [5.74, 6) is -2.24. The van der Waals surface area contributed by atoms with E-state index in [0.29, 0.717) is 5.75 Å². The van der Waals surface area contributed by atoms with Crippen LogP contribution in [0.25, 0.3) is 0 Å². The van der Waals surface area contributed by atoms with Crippen molar-refractivity contribution in [1.82, 2.24) is 4.98 Å². The lowest BCUT2D eigenvalue weighted by Gasteiger charge is -2.31. The van der Waals surface area contributed by atoms with Gasteiger partial charge in [-0.25, -0.2) is 9.37 Å². The fourth-order valence-corrected chi connectivity index (χ4v) is 5.03. The molecule has 3 atom stereocenters. The van der Waals surface area contributed by atoms with Crippen molar-refractivity contribution < 1.29 is 37.7 Å². The number of hydrogen-bond donors (Lipinski definition) is 0. The fraction of sp³-hybridized carbons (Fsp3) is 0.500. The predicted molar refractivity (Wildman–Crippen MR) is 133 cm³/mol. The molecule has 1 aromatic heterocycles. The standard InChI is InChI=1S/C28H34FNO7/c1-16(14-22(32)26-27(37-18(3)31)23(34-4)12-13-30-26)28(33)36-17(2)25(19-8-6-7-9-19)21-11-10-20(29)15-24(21)35-5/h10-13,15-17,19,25H,6-9,14H2,1-5H3/t16-,17+,25+/m1/s1. The summed E-state index contributed by atoms with van der Waals surface area (Å²) in [5, 5.41) is 0. The SMILES string of the molecule is COc1cc(F)ccc1[C@H](C1CCCC1)[C@H](C)OC(=O)[C@H](C)CC(=O)c1nccc(OC)c1OC(C)=O. The minimum Gasteiger partial charge on any atom is -0.496 e. The molecule has 1 aliphatic rings. The van der Waals surface area contributed by atoms with Crippen molar-refractivity contribution in [3.05, 3.63) is 47.5 Å². The normalized spacial score (nSPS) is 15.9. The molecule has 0 N–H and O–H groups in total. The number of ether oxygens (including phenoxy) is 4. The van der Waals surface area contributed by atoms with E-state index in [1.165, 1.54) is 45.5 Å². The van der Waals surface area contributed by atoms with Gasteiger partial charge in [-0.2, -0.15) is 0 Å². The van der Waals surface area contributed by atoms with Gasteiger partial charge in [0.15, 0.2) is 17.2 Å². The maximum atomic E-state index is 13.9.